The third kappa shape index (κ3) is 4.12. The number of Topliss-reactive ketones (excluding diaryl/α,β-unsaturated/α-hetero) is 1. The number of amides is 2. The number of nitrogens with zero attached hydrogens (tertiary/aromatic N) is 2. The number of nitrogens with one attached hydrogen (secondary N) is 1. The van der Waals surface area contributed by atoms with Crippen molar-refractivity contribution < 1.29 is 22.9 Å². The van der Waals surface area contributed by atoms with Crippen molar-refractivity contribution in [2.45, 2.75) is 18.0 Å². The van der Waals surface area contributed by atoms with Gasteiger partial charge in [-0.3, -0.25) is 4.79 Å². The standard InChI is InChI=1S/C26H25F2N3O2S/c1-31(15-24(32)18-11-13-34-16-18)12-10-23(14-31)30-17-26(29-25(30)33,19-2-6-21(27)7-3-19)20-4-8-22(28)9-5-20/h2-9,11,13,16,23H,10,12,14-15,17H2,1H3/p+1/t23-,31?/m0/s1. The molecule has 5 rings (SSSR count). The molecular formula is C26H26F2N3O2S+. The lowest BCUT2D eigenvalue weighted by Gasteiger charge is -2.32. The maximum Gasteiger partial charge on any atom is 0.319 e. The number of carbonyl (C=O) groups excluding carboxylic acids is 2. The number of thiophene rings is 1. The molecule has 2 aliphatic heterocycles. The van der Waals surface area contributed by atoms with Crippen molar-refractivity contribution in [1.82, 2.24) is 10.2 Å². The molecule has 3 heterocycles. The lowest BCUT2D eigenvalue weighted by atomic mass is 9.83. The number of rotatable bonds is 6. The van der Waals surface area contributed by atoms with E-state index < -0.39 is 5.54 Å². The molecule has 2 aromatic carbocycles. The molecule has 2 fully saturated rings. The predicted octanol–water partition coefficient (Wildman–Crippen LogP) is 4.40. The summed E-state index contributed by atoms with van der Waals surface area (Å²) in [4.78, 5) is 27.8. The van der Waals surface area contributed by atoms with Crippen LogP contribution in [0.5, 0.6) is 0 Å². The number of ketones is 1. The van der Waals surface area contributed by atoms with Gasteiger partial charge in [-0.1, -0.05) is 24.3 Å². The molecule has 5 nitrogen and oxygen atoms in total. The van der Waals surface area contributed by atoms with Crippen molar-refractivity contribution in [1.29, 1.82) is 0 Å². The van der Waals surface area contributed by atoms with Crippen LogP contribution in [-0.2, 0) is 5.54 Å². The molecule has 0 spiro atoms. The van der Waals surface area contributed by atoms with Crippen molar-refractivity contribution in [3.8, 4) is 0 Å². The van der Waals surface area contributed by atoms with Gasteiger partial charge in [-0.25, -0.2) is 13.6 Å². The molecule has 0 radical (unpaired) electrons. The number of hydrogen-bond donors (Lipinski definition) is 1. The molecule has 0 aliphatic carbocycles. The summed E-state index contributed by atoms with van der Waals surface area (Å²) in [6.07, 6.45) is 0.782. The van der Waals surface area contributed by atoms with Crippen LogP contribution in [0.3, 0.4) is 0 Å². The highest BCUT2D eigenvalue weighted by Gasteiger charge is 2.50. The van der Waals surface area contributed by atoms with E-state index in [1.807, 2.05) is 21.7 Å². The molecule has 0 saturated carbocycles. The fourth-order valence-electron chi connectivity index (χ4n) is 5.29. The summed E-state index contributed by atoms with van der Waals surface area (Å²) in [5.41, 5.74) is 1.29. The van der Waals surface area contributed by atoms with Crippen LogP contribution in [0.4, 0.5) is 13.6 Å². The van der Waals surface area contributed by atoms with Gasteiger partial charge in [0.05, 0.1) is 32.7 Å². The highest BCUT2D eigenvalue weighted by atomic mass is 32.1. The Morgan fingerprint density at radius 3 is 2.26 bits per heavy atom. The van der Waals surface area contributed by atoms with Crippen LogP contribution in [-0.4, -0.2) is 60.5 Å². The van der Waals surface area contributed by atoms with E-state index in [0.29, 0.717) is 24.1 Å². The van der Waals surface area contributed by atoms with E-state index in [4.69, 9.17) is 0 Å². The first-order valence-corrected chi connectivity index (χ1v) is 12.2. The van der Waals surface area contributed by atoms with Crippen LogP contribution >= 0.6 is 11.3 Å². The fourth-order valence-corrected chi connectivity index (χ4v) is 5.95. The molecule has 8 heteroatoms. The topological polar surface area (TPSA) is 49.4 Å². The molecule has 0 bridgehead atoms. The third-order valence-electron chi connectivity index (χ3n) is 7.13. The van der Waals surface area contributed by atoms with Crippen molar-refractivity contribution >= 4 is 23.2 Å². The third-order valence-corrected chi connectivity index (χ3v) is 7.81. The fraction of sp³-hybridized carbons (Fsp3) is 0.308. The zero-order chi connectivity index (χ0) is 23.9. The average molecular weight is 483 g/mol. The van der Waals surface area contributed by atoms with E-state index in [-0.39, 0.29) is 29.5 Å². The first-order valence-electron chi connectivity index (χ1n) is 11.3. The molecule has 1 unspecified atom stereocenters. The van der Waals surface area contributed by atoms with Gasteiger partial charge in [0.15, 0.2) is 0 Å². The molecular weight excluding hydrogens is 456 g/mol. The minimum absolute atomic E-state index is 0.0388. The Morgan fingerprint density at radius 1 is 1.09 bits per heavy atom. The molecule has 1 N–H and O–H groups in total. The SMILES string of the molecule is C[N+]1(CC(=O)c2ccsc2)CC[C@H](N2CC(c3ccc(F)cc3)(c3ccc(F)cc3)NC2=O)C1. The zero-order valence-electron chi connectivity index (χ0n) is 18.8. The van der Waals surface area contributed by atoms with Gasteiger partial charge in [0, 0.05) is 17.4 Å². The number of carbonyl (C=O) groups is 2. The first kappa shape index (κ1) is 22.7. The molecule has 1 aromatic heterocycles. The van der Waals surface area contributed by atoms with Crippen LogP contribution < -0.4 is 5.32 Å². The number of urea groups is 1. The van der Waals surface area contributed by atoms with Crippen LogP contribution in [0.2, 0.25) is 0 Å². The van der Waals surface area contributed by atoms with Gasteiger partial charge in [0.2, 0.25) is 5.78 Å². The largest absolute Gasteiger partial charge is 0.323 e. The normalized spacial score (nSPS) is 23.8. The summed E-state index contributed by atoms with van der Waals surface area (Å²) in [6.45, 7) is 2.20. The molecule has 2 amide bonds. The van der Waals surface area contributed by atoms with Crippen LogP contribution in [0, 0.1) is 11.6 Å². The smallest absolute Gasteiger partial charge is 0.319 e. The van der Waals surface area contributed by atoms with Crippen molar-refractivity contribution in [3.63, 3.8) is 0 Å². The number of benzene rings is 2. The molecule has 2 atom stereocenters. The summed E-state index contributed by atoms with van der Waals surface area (Å²) < 4.78 is 27.9. The lowest BCUT2D eigenvalue weighted by Crippen LogP contribution is -2.49. The molecule has 3 aromatic rings. The van der Waals surface area contributed by atoms with Crippen LogP contribution in [0.25, 0.3) is 0 Å². The van der Waals surface area contributed by atoms with Gasteiger partial charge >= 0.3 is 6.03 Å². The van der Waals surface area contributed by atoms with Gasteiger partial charge in [0.1, 0.15) is 23.7 Å². The average Bonchev–Trinajstić information content (AvgIpc) is 3.54. The highest BCUT2D eigenvalue weighted by Crippen LogP contribution is 2.37. The van der Waals surface area contributed by atoms with Crippen molar-refractivity contribution in [3.05, 3.63) is 93.7 Å². The summed E-state index contributed by atoms with van der Waals surface area (Å²) in [5, 5.41) is 6.90. The Hall–Kier alpha value is -3.10. The maximum absolute atomic E-state index is 13.7. The minimum atomic E-state index is -0.920. The van der Waals surface area contributed by atoms with E-state index in [1.54, 1.807) is 24.3 Å². The molecule has 2 aliphatic rings. The first-order chi connectivity index (χ1) is 16.3. The van der Waals surface area contributed by atoms with E-state index in [2.05, 4.69) is 12.4 Å². The molecule has 2 saturated heterocycles. The van der Waals surface area contributed by atoms with Gasteiger partial charge in [0.25, 0.3) is 0 Å². The Morgan fingerprint density at radius 2 is 1.71 bits per heavy atom. The summed E-state index contributed by atoms with van der Waals surface area (Å²) in [6, 6.07) is 13.7. The predicted molar refractivity (Wildman–Crippen MR) is 127 cm³/mol. The lowest BCUT2D eigenvalue weighted by molar-refractivity contribution is -0.890. The molecule has 34 heavy (non-hydrogen) atoms. The van der Waals surface area contributed by atoms with Crippen molar-refractivity contribution in [2.75, 3.05) is 33.2 Å². The zero-order valence-corrected chi connectivity index (χ0v) is 19.7. The number of quaternary nitrogens is 1. The Bertz CT molecular complexity index is 1150. The monoisotopic (exact) mass is 482 g/mol. The van der Waals surface area contributed by atoms with Gasteiger partial charge < -0.3 is 14.7 Å². The van der Waals surface area contributed by atoms with Crippen molar-refractivity contribution in [2.24, 2.45) is 0 Å². The second-order valence-corrected chi connectivity index (χ2v) is 10.3. The van der Waals surface area contributed by atoms with Gasteiger partial charge in [-0.15, -0.1) is 0 Å². The summed E-state index contributed by atoms with van der Waals surface area (Å²) >= 11 is 1.51. The Kier molecular flexibility index (Phi) is 5.73. The number of halogens is 2. The highest BCUT2D eigenvalue weighted by molar-refractivity contribution is 7.08. The Balaban J connectivity index is 1.40. The number of hydrogen-bond acceptors (Lipinski definition) is 3. The van der Waals surface area contributed by atoms with Gasteiger partial charge in [-0.2, -0.15) is 11.3 Å². The molecule has 176 valence electrons. The number of likely N-dealkylation sites (N-methyl/N-ethyl adjacent to an activating group) is 1. The summed E-state index contributed by atoms with van der Waals surface area (Å²) in [5.74, 6) is -0.612. The van der Waals surface area contributed by atoms with E-state index >= 15 is 0 Å². The Labute approximate surface area is 201 Å². The minimum Gasteiger partial charge on any atom is -0.323 e. The second-order valence-electron chi connectivity index (χ2n) is 9.54. The second kappa shape index (κ2) is 8.60. The van der Waals surface area contributed by atoms with E-state index in [1.165, 1.54) is 35.6 Å². The van der Waals surface area contributed by atoms with Crippen LogP contribution in [0.1, 0.15) is 27.9 Å². The number of likely N-dealkylation sites (tertiary alicyclic amines) is 1. The van der Waals surface area contributed by atoms with E-state index in [9.17, 15) is 18.4 Å². The quantitative estimate of drug-likeness (QED) is 0.418. The van der Waals surface area contributed by atoms with Gasteiger partial charge in [-0.05, 0) is 46.8 Å². The van der Waals surface area contributed by atoms with Crippen LogP contribution in [0.15, 0.2) is 65.4 Å². The van der Waals surface area contributed by atoms with E-state index in [0.717, 1.165) is 29.7 Å². The summed E-state index contributed by atoms with van der Waals surface area (Å²) in [7, 11) is 2.06. The maximum atomic E-state index is 13.7.